The zero-order chi connectivity index (χ0) is 32.1. The third kappa shape index (κ3) is 7.19. The molecule has 4 aromatic rings. The van der Waals surface area contributed by atoms with E-state index < -0.39 is 17.7 Å². The van der Waals surface area contributed by atoms with Gasteiger partial charge in [-0.15, -0.1) is 0 Å². The monoisotopic (exact) mass is 613 g/mol. The van der Waals surface area contributed by atoms with Crippen molar-refractivity contribution in [3.05, 3.63) is 77.9 Å². The summed E-state index contributed by atoms with van der Waals surface area (Å²) in [6.45, 7) is 5.99. The van der Waals surface area contributed by atoms with Gasteiger partial charge in [0.15, 0.2) is 5.82 Å². The summed E-state index contributed by atoms with van der Waals surface area (Å²) in [6.07, 6.45) is 7.47. The molecule has 1 amide bonds. The third-order valence-electron chi connectivity index (χ3n) is 7.49. The van der Waals surface area contributed by atoms with Gasteiger partial charge >= 0.3 is 12.1 Å². The second-order valence-electron chi connectivity index (χ2n) is 11.7. The van der Waals surface area contributed by atoms with E-state index in [1.807, 2.05) is 61.7 Å². The Morgan fingerprint density at radius 1 is 1.04 bits per heavy atom. The second-order valence-corrected chi connectivity index (χ2v) is 11.7. The number of aromatic nitrogens is 3. The maximum absolute atomic E-state index is 12.3. The number of esters is 1. The lowest BCUT2D eigenvalue weighted by Crippen LogP contribution is -2.39. The van der Waals surface area contributed by atoms with Crippen molar-refractivity contribution in [2.45, 2.75) is 58.2 Å². The van der Waals surface area contributed by atoms with Crippen molar-refractivity contribution in [3.8, 4) is 22.8 Å². The van der Waals surface area contributed by atoms with E-state index >= 15 is 0 Å². The molecule has 0 saturated heterocycles. The van der Waals surface area contributed by atoms with Crippen LogP contribution < -0.4 is 20.1 Å². The summed E-state index contributed by atoms with van der Waals surface area (Å²) in [5.41, 5.74) is 4.23. The second kappa shape index (κ2) is 13.3. The van der Waals surface area contributed by atoms with Gasteiger partial charge in [0.25, 0.3) is 0 Å². The fourth-order valence-electron chi connectivity index (χ4n) is 5.30. The third-order valence-corrected chi connectivity index (χ3v) is 7.49. The Labute approximate surface area is 262 Å². The Morgan fingerprint density at radius 2 is 1.82 bits per heavy atom. The van der Waals surface area contributed by atoms with Crippen LogP contribution in [0.4, 0.5) is 10.6 Å². The molecule has 1 aliphatic rings. The van der Waals surface area contributed by atoms with E-state index in [0.717, 1.165) is 34.5 Å². The van der Waals surface area contributed by atoms with Crippen molar-refractivity contribution < 1.29 is 28.5 Å². The number of carbonyl (C=O) groups excluding carboxylic acids is 2. The molecule has 1 unspecified atom stereocenters. The SMILES string of the molecule is COC(=O)c1ccc(-c2nc(C3=CCC(NC(=O)OC(C)(C)C)CC3)n3ccnc(NCc4ccc(OC)cc4OC)c23)cc1. The standard InChI is InChI=1S/C34H39N5O6/c1-34(2,3)45-33(41)37-25-14-11-22(12-15-25)31-38-28(21-7-9-23(10-8-21)32(40)44-6)29-30(35-17-18-39(29)31)36-20-24-13-16-26(42-4)19-27(24)43-5/h7-11,13,16-19,25H,12,14-15,20H2,1-6H3,(H,35,36)(H,37,41). The molecule has 1 aliphatic carbocycles. The van der Waals surface area contributed by atoms with Crippen LogP contribution in [0.3, 0.4) is 0 Å². The van der Waals surface area contributed by atoms with Crippen molar-refractivity contribution in [3.63, 3.8) is 0 Å². The van der Waals surface area contributed by atoms with Crippen molar-refractivity contribution in [1.82, 2.24) is 19.7 Å². The van der Waals surface area contributed by atoms with Crippen LogP contribution >= 0.6 is 0 Å². The Morgan fingerprint density at radius 3 is 2.47 bits per heavy atom. The van der Waals surface area contributed by atoms with E-state index in [9.17, 15) is 9.59 Å². The van der Waals surface area contributed by atoms with Gasteiger partial charge in [-0.25, -0.2) is 19.6 Å². The number of ether oxygens (including phenoxy) is 4. The maximum atomic E-state index is 12.3. The summed E-state index contributed by atoms with van der Waals surface area (Å²) in [5.74, 6) is 2.43. The molecular weight excluding hydrogens is 574 g/mol. The fraction of sp³-hybridized carbons (Fsp3) is 0.353. The Bertz CT molecular complexity index is 1720. The molecule has 236 valence electrons. The molecule has 2 heterocycles. The first-order valence-electron chi connectivity index (χ1n) is 14.8. The average Bonchev–Trinajstić information content (AvgIpc) is 3.43. The van der Waals surface area contributed by atoms with Crippen LogP contribution in [0.2, 0.25) is 0 Å². The Hall–Kier alpha value is -5.06. The summed E-state index contributed by atoms with van der Waals surface area (Å²) < 4.78 is 23.3. The number of nitrogens with zero attached hydrogens (tertiary/aromatic N) is 3. The molecule has 11 nitrogen and oxygen atoms in total. The molecule has 0 aliphatic heterocycles. The van der Waals surface area contributed by atoms with Gasteiger partial charge < -0.3 is 29.6 Å². The molecule has 5 rings (SSSR count). The summed E-state index contributed by atoms with van der Waals surface area (Å²) >= 11 is 0. The fourth-order valence-corrected chi connectivity index (χ4v) is 5.30. The Balaban J connectivity index is 1.50. The van der Waals surface area contributed by atoms with Gasteiger partial charge in [-0.2, -0.15) is 0 Å². The van der Waals surface area contributed by atoms with Crippen molar-refractivity contribution >= 4 is 29.0 Å². The van der Waals surface area contributed by atoms with E-state index in [1.54, 1.807) is 32.5 Å². The molecule has 0 spiro atoms. The maximum Gasteiger partial charge on any atom is 0.407 e. The number of anilines is 1. The summed E-state index contributed by atoms with van der Waals surface area (Å²) in [5, 5.41) is 6.46. The Kier molecular flexibility index (Phi) is 9.26. The molecule has 2 aromatic heterocycles. The van der Waals surface area contributed by atoms with Gasteiger partial charge in [-0.1, -0.05) is 18.2 Å². The van der Waals surface area contributed by atoms with E-state index in [1.165, 1.54) is 7.11 Å². The number of rotatable bonds is 9. The van der Waals surface area contributed by atoms with Gasteiger partial charge in [0, 0.05) is 42.2 Å². The van der Waals surface area contributed by atoms with Gasteiger partial charge in [0.2, 0.25) is 0 Å². The highest BCUT2D eigenvalue weighted by Crippen LogP contribution is 2.35. The largest absolute Gasteiger partial charge is 0.497 e. The molecular formula is C34H39N5O6. The molecule has 0 saturated carbocycles. The van der Waals surface area contributed by atoms with Crippen LogP contribution in [0.5, 0.6) is 11.5 Å². The van der Waals surface area contributed by atoms with Crippen molar-refractivity contribution in [2.75, 3.05) is 26.6 Å². The summed E-state index contributed by atoms with van der Waals surface area (Å²) in [4.78, 5) is 34.3. The number of benzene rings is 2. The van der Waals surface area contributed by atoms with Crippen molar-refractivity contribution in [2.24, 2.45) is 0 Å². The first-order valence-corrected chi connectivity index (χ1v) is 14.8. The molecule has 11 heteroatoms. The predicted molar refractivity (Wildman–Crippen MR) is 172 cm³/mol. The lowest BCUT2D eigenvalue weighted by molar-refractivity contribution is 0.0500. The molecule has 2 N–H and O–H groups in total. The highest BCUT2D eigenvalue weighted by molar-refractivity contribution is 5.92. The van der Waals surface area contributed by atoms with Crippen LogP contribution in [0, 0.1) is 0 Å². The normalized spacial score (nSPS) is 14.8. The van der Waals surface area contributed by atoms with Crippen molar-refractivity contribution in [1.29, 1.82) is 0 Å². The summed E-state index contributed by atoms with van der Waals surface area (Å²) in [7, 11) is 4.60. The molecule has 2 aromatic carbocycles. The highest BCUT2D eigenvalue weighted by atomic mass is 16.6. The number of amides is 1. The number of carbonyl (C=O) groups is 2. The number of imidazole rings is 1. The van der Waals surface area contributed by atoms with E-state index in [2.05, 4.69) is 16.7 Å². The lowest BCUT2D eigenvalue weighted by Gasteiger charge is -2.25. The summed E-state index contributed by atoms with van der Waals surface area (Å²) in [6, 6.07) is 12.8. The molecule has 1 atom stereocenters. The zero-order valence-electron chi connectivity index (χ0n) is 26.5. The minimum absolute atomic E-state index is 0.0291. The molecule has 45 heavy (non-hydrogen) atoms. The van der Waals surface area contributed by atoms with E-state index in [-0.39, 0.29) is 6.04 Å². The van der Waals surface area contributed by atoms with Crippen LogP contribution in [0.15, 0.2) is 60.9 Å². The van der Waals surface area contributed by atoms with Crippen LogP contribution in [0.25, 0.3) is 22.3 Å². The number of allylic oxidation sites excluding steroid dienone is 1. The molecule has 0 fully saturated rings. The number of hydrogen-bond donors (Lipinski definition) is 2. The quantitative estimate of drug-likeness (QED) is 0.210. The van der Waals surface area contributed by atoms with Crippen LogP contribution in [-0.4, -0.2) is 59.4 Å². The number of methoxy groups -OCH3 is 3. The van der Waals surface area contributed by atoms with E-state index in [0.29, 0.717) is 48.0 Å². The van der Waals surface area contributed by atoms with Crippen LogP contribution in [-0.2, 0) is 16.0 Å². The zero-order valence-corrected chi connectivity index (χ0v) is 26.5. The topological polar surface area (TPSA) is 125 Å². The smallest absolute Gasteiger partial charge is 0.407 e. The average molecular weight is 614 g/mol. The number of alkyl carbamates (subject to hydrolysis) is 1. The number of hydrogen-bond acceptors (Lipinski definition) is 9. The minimum Gasteiger partial charge on any atom is -0.497 e. The first-order chi connectivity index (χ1) is 21.6. The molecule has 0 bridgehead atoms. The van der Waals surface area contributed by atoms with Gasteiger partial charge in [-0.3, -0.25) is 4.40 Å². The number of nitrogens with one attached hydrogen (secondary N) is 2. The molecule has 0 radical (unpaired) electrons. The van der Waals surface area contributed by atoms with Gasteiger partial charge in [0.05, 0.1) is 26.9 Å². The first kappa shape index (κ1) is 31.4. The highest BCUT2D eigenvalue weighted by Gasteiger charge is 2.25. The van der Waals surface area contributed by atoms with Crippen LogP contribution in [0.1, 0.15) is 61.8 Å². The minimum atomic E-state index is -0.557. The lowest BCUT2D eigenvalue weighted by atomic mass is 9.95. The number of fused-ring (bicyclic) bond motifs is 1. The van der Waals surface area contributed by atoms with Gasteiger partial charge in [-0.05, 0) is 69.9 Å². The predicted octanol–water partition coefficient (Wildman–Crippen LogP) is 6.27. The van der Waals surface area contributed by atoms with E-state index in [4.69, 9.17) is 28.9 Å². The van der Waals surface area contributed by atoms with Gasteiger partial charge in [0.1, 0.15) is 34.1 Å².